The van der Waals surface area contributed by atoms with Crippen LogP contribution in [0.2, 0.25) is 0 Å². The molecule has 1 aliphatic rings. The fourth-order valence-corrected chi connectivity index (χ4v) is 3.69. The lowest BCUT2D eigenvalue weighted by molar-refractivity contribution is -0.145. The van der Waals surface area contributed by atoms with Gasteiger partial charge >= 0.3 is 5.97 Å². The first-order valence-electron chi connectivity index (χ1n) is 7.65. The zero-order chi connectivity index (χ0) is 18.0. The molecule has 130 valence electrons. The fraction of sp³-hybridized carbons (Fsp3) is 0.294. The molecule has 0 radical (unpaired) electrons. The zero-order valence-corrected chi connectivity index (χ0v) is 14.2. The van der Waals surface area contributed by atoms with E-state index in [0.29, 0.717) is 24.4 Å². The van der Waals surface area contributed by atoms with Crippen LogP contribution in [0.1, 0.15) is 27.3 Å². The summed E-state index contributed by atoms with van der Waals surface area (Å²) in [6.07, 6.45) is 1.80. The van der Waals surface area contributed by atoms with E-state index in [1.807, 2.05) is 0 Å². The molecular formula is C17H15FN2O4S. The van der Waals surface area contributed by atoms with Crippen molar-refractivity contribution < 1.29 is 23.5 Å². The van der Waals surface area contributed by atoms with Crippen molar-refractivity contribution in [3.63, 3.8) is 0 Å². The van der Waals surface area contributed by atoms with Gasteiger partial charge in [-0.1, -0.05) is 0 Å². The van der Waals surface area contributed by atoms with Crippen molar-refractivity contribution in [1.29, 1.82) is 0 Å². The predicted molar refractivity (Wildman–Crippen MR) is 89.0 cm³/mol. The second-order valence-electron chi connectivity index (χ2n) is 5.64. The number of thiazole rings is 1. The summed E-state index contributed by atoms with van der Waals surface area (Å²) in [6.45, 7) is 0. The van der Waals surface area contributed by atoms with E-state index >= 15 is 0 Å². The highest BCUT2D eigenvalue weighted by atomic mass is 32.1. The number of hydrogen-bond donors (Lipinski definition) is 1. The second-order valence-corrected chi connectivity index (χ2v) is 6.73. The lowest BCUT2D eigenvalue weighted by Gasteiger charge is -2.18. The number of esters is 1. The Labute approximate surface area is 147 Å². The van der Waals surface area contributed by atoms with E-state index < -0.39 is 17.5 Å². The van der Waals surface area contributed by atoms with Crippen molar-refractivity contribution in [2.24, 2.45) is 5.92 Å². The molecule has 3 rings (SSSR count). The zero-order valence-electron chi connectivity index (χ0n) is 13.4. The fourth-order valence-electron chi connectivity index (χ4n) is 2.69. The number of hydrogen-bond acceptors (Lipinski definition) is 6. The van der Waals surface area contributed by atoms with Gasteiger partial charge in [0, 0.05) is 16.9 Å². The third kappa shape index (κ3) is 3.74. The third-order valence-electron chi connectivity index (χ3n) is 4.01. The monoisotopic (exact) mass is 362 g/mol. The Balaban J connectivity index is 1.69. The number of Topliss-reactive ketones (excluding diaryl/α,β-unsaturated/α-hetero) is 1. The largest absolute Gasteiger partial charge is 0.469 e. The average Bonchev–Trinajstić information content (AvgIpc) is 3.02. The van der Waals surface area contributed by atoms with Crippen LogP contribution in [0.3, 0.4) is 0 Å². The summed E-state index contributed by atoms with van der Waals surface area (Å²) in [4.78, 5) is 41.1. The first kappa shape index (κ1) is 17.2. The summed E-state index contributed by atoms with van der Waals surface area (Å²) >= 11 is 1.29. The Kier molecular flexibility index (Phi) is 4.89. The topological polar surface area (TPSA) is 85.4 Å². The summed E-state index contributed by atoms with van der Waals surface area (Å²) in [5, 5.41) is 2.79. The van der Waals surface area contributed by atoms with Gasteiger partial charge in [-0.3, -0.25) is 19.7 Å². The number of anilines is 1. The molecule has 1 aromatic carbocycles. The van der Waals surface area contributed by atoms with Crippen LogP contribution in [0.25, 0.3) is 0 Å². The maximum absolute atomic E-state index is 12.9. The number of benzene rings is 1. The predicted octanol–water partition coefficient (Wildman–Crippen LogP) is 2.38. The summed E-state index contributed by atoms with van der Waals surface area (Å²) in [5.41, 5.74) is 0.849. The highest BCUT2D eigenvalue weighted by molar-refractivity contribution is 7.16. The molecule has 1 unspecified atom stereocenters. The minimum atomic E-state index is -0.831. The molecule has 0 spiro atoms. The van der Waals surface area contributed by atoms with E-state index in [-0.39, 0.29) is 17.5 Å². The number of rotatable bonds is 4. The van der Waals surface area contributed by atoms with Gasteiger partial charge in [-0.05, 0) is 37.1 Å². The van der Waals surface area contributed by atoms with Gasteiger partial charge in [-0.25, -0.2) is 9.37 Å². The Morgan fingerprint density at radius 3 is 2.68 bits per heavy atom. The van der Waals surface area contributed by atoms with Crippen LogP contribution in [0.5, 0.6) is 0 Å². The molecule has 25 heavy (non-hydrogen) atoms. The van der Waals surface area contributed by atoms with Crippen molar-refractivity contribution in [2.75, 3.05) is 12.4 Å². The van der Waals surface area contributed by atoms with Gasteiger partial charge in [0.1, 0.15) is 5.82 Å². The molecule has 1 aliphatic carbocycles. The van der Waals surface area contributed by atoms with Crippen LogP contribution in [-0.4, -0.2) is 29.8 Å². The highest BCUT2D eigenvalue weighted by Gasteiger charge is 2.29. The highest BCUT2D eigenvalue weighted by Crippen LogP contribution is 2.32. The van der Waals surface area contributed by atoms with Crippen molar-refractivity contribution >= 4 is 34.1 Å². The van der Waals surface area contributed by atoms with Gasteiger partial charge in [-0.2, -0.15) is 0 Å². The minimum Gasteiger partial charge on any atom is -0.469 e. The van der Waals surface area contributed by atoms with Crippen LogP contribution in [0.4, 0.5) is 9.52 Å². The molecule has 1 amide bonds. The normalized spacial score (nSPS) is 16.0. The molecule has 0 saturated heterocycles. The summed E-state index contributed by atoms with van der Waals surface area (Å²) in [7, 11) is 1.35. The van der Waals surface area contributed by atoms with Crippen molar-refractivity contribution in [3.05, 3.63) is 46.2 Å². The van der Waals surface area contributed by atoms with Crippen LogP contribution < -0.4 is 5.32 Å². The first-order chi connectivity index (χ1) is 12.0. The Morgan fingerprint density at radius 2 is 2.00 bits per heavy atom. The van der Waals surface area contributed by atoms with Crippen molar-refractivity contribution in [3.8, 4) is 0 Å². The Hall–Kier alpha value is -2.61. The molecule has 0 aliphatic heterocycles. The SMILES string of the molecule is COC(=O)C1CCc2sc(NC(=O)C(=O)c3ccc(F)cc3)nc2C1. The number of amides is 1. The summed E-state index contributed by atoms with van der Waals surface area (Å²) < 4.78 is 17.7. The number of aryl methyl sites for hydroxylation is 1. The standard InChI is InChI=1S/C17H15FN2O4S/c1-24-16(23)10-4-7-13-12(8-10)19-17(25-13)20-15(22)14(21)9-2-5-11(18)6-3-9/h2-3,5-6,10H,4,7-8H2,1H3,(H,19,20,22). The molecule has 8 heteroatoms. The van der Waals surface area contributed by atoms with Crippen LogP contribution >= 0.6 is 11.3 Å². The number of aromatic nitrogens is 1. The molecule has 1 N–H and O–H groups in total. The van der Waals surface area contributed by atoms with E-state index in [0.717, 1.165) is 22.7 Å². The van der Waals surface area contributed by atoms with Gasteiger partial charge in [0.15, 0.2) is 5.13 Å². The average molecular weight is 362 g/mol. The van der Waals surface area contributed by atoms with Crippen molar-refractivity contribution in [2.45, 2.75) is 19.3 Å². The molecular weight excluding hydrogens is 347 g/mol. The van der Waals surface area contributed by atoms with E-state index in [1.54, 1.807) is 0 Å². The summed E-state index contributed by atoms with van der Waals surface area (Å²) in [5.74, 6) is -2.58. The molecule has 1 atom stereocenters. The van der Waals surface area contributed by atoms with E-state index in [9.17, 15) is 18.8 Å². The van der Waals surface area contributed by atoms with E-state index in [4.69, 9.17) is 4.74 Å². The van der Waals surface area contributed by atoms with Crippen LogP contribution in [0, 0.1) is 11.7 Å². The number of halogens is 1. The minimum absolute atomic E-state index is 0.103. The molecule has 0 bridgehead atoms. The number of ether oxygens (including phenoxy) is 1. The number of nitrogens with zero attached hydrogens (tertiary/aromatic N) is 1. The maximum Gasteiger partial charge on any atom is 0.309 e. The van der Waals surface area contributed by atoms with Crippen LogP contribution in [0.15, 0.2) is 24.3 Å². The summed E-state index contributed by atoms with van der Waals surface area (Å²) in [6, 6.07) is 4.75. The van der Waals surface area contributed by atoms with Crippen molar-refractivity contribution in [1.82, 2.24) is 4.98 Å². The van der Waals surface area contributed by atoms with Gasteiger partial charge in [0.2, 0.25) is 0 Å². The van der Waals surface area contributed by atoms with Gasteiger partial charge in [0.05, 0.1) is 18.7 Å². The Bertz CT molecular complexity index is 832. The molecule has 1 heterocycles. The molecule has 0 saturated carbocycles. The van der Waals surface area contributed by atoms with E-state index in [1.165, 1.54) is 30.6 Å². The van der Waals surface area contributed by atoms with E-state index in [2.05, 4.69) is 10.3 Å². The molecule has 0 fully saturated rings. The lowest BCUT2D eigenvalue weighted by atomic mass is 9.91. The number of fused-ring (bicyclic) bond motifs is 1. The third-order valence-corrected chi connectivity index (χ3v) is 5.08. The number of ketones is 1. The quantitative estimate of drug-likeness (QED) is 0.513. The number of carbonyl (C=O) groups is 3. The van der Waals surface area contributed by atoms with Gasteiger partial charge in [-0.15, -0.1) is 11.3 Å². The maximum atomic E-state index is 12.9. The van der Waals surface area contributed by atoms with Gasteiger partial charge < -0.3 is 4.74 Å². The molecule has 2 aromatic rings. The second kappa shape index (κ2) is 7.10. The molecule has 1 aromatic heterocycles. The van der Waals surface area contributed by atoms with Gasteiger partial charge in [0.25, 0.3) is 11.7 Å². The number of nitrogens with one attached hydrogen (secondary N) is 1. The first-order valence-corrected chi connectivity index (χ1v) is 8.47. The number of carbonyl (C=O) groups excluding carboxylic acids is 3. The van der Waals surface area contributed by atoms with Crippen LogP contribution in [-0.2, 0) is 27.2 Å². The lowest BCUT2D eigenvalue weighted by Crippen LogP contribution is -2.23. The smallest absolute Gasteiger partial charge is 0.309 e. The Morgan fingerprint density at radius 1 is 1.28 bits per heavy atom. The number of methoxy groups -OCH3 is 1. The molecule has 6 nitrogen and oxygen atoms in total.